The van der Waals surface area contributed by atoms with Crippen LogP contribution in [0.5, 0.6) is 17.2 Å². The second kappa shape index (κ2) is 9.02. The Labute approximate surface area is 197 Å². The summed E-state index contributed by atoms with van der Waals surface area (Å²) in [5, 5.41) is 0.846. The topological polar surface area (TPSA) is 87.4 Å². The van der Waals surface area contributed by atoms with Gasteiger partial charge < -0.3 is 23.4 Å². The van der Waals surface area contributed by atoms with Crippen molar-refractivity contribution >= 4 is 16.9 Å². The molecule has 0 N–H and O–H groups in total. The highest BCUT2D eigenvalue weighted by Crippen LogP contribution is 2.38. The summed E-state index contributed by atoms with van der Waals surface area (Å²) >= 11 is 0. The van der Waals surface area contributed by atoms with Gasteiger partial charge in [-0.25, -0.2) is 4.79 Å². The summed E-state index contributed by atoms with van der Waals surface area (Å²) in [6.45, 7) is 7.31. The number of benzene rings is 2. The van der Waals surface area contributed by atoms with Crippen molar-refractivity contribution in [2.24, 2.45) is 0 Å². The zero-order valence-corrected chi connectivity index (χ0v) is 19.5. The average Bonchev–Trinajstić information content (AvgIpc) is 3.25. The number of nitrogens with zero attached hydrogens (tertiary/aromatic N) is 1. The molecule has 8 nitrogen and oxygen atoms in total. The third kappa shape index (κ3) is 4.46. The Balaban J connectivity index is 1.46. The van der Waals surface area contributed by atoms with Gasteiger partial charge in [0.25, 0.3) is 0 Å². The molecule has 0 radical (unpaired) electrons. The number of hydrogen-bond acceptors (Lipinski definition) is 8. The first-order chi connectivity index (χ1) is 16.4. The van der Waals surface area contributed by atoms with Crippen LogP contribution in [0.1, 0.15) is 42.5 Å². The fraction of sp³-hybridized carbons (Fsp3) is 0.385. The smallest absolute Gasteiger partial charge is 0.336 e. The Hall–Kier alpha value is -3.52. The van der Waals surface area contributed by atoms with E-state index in [0.717, 1.165) is 39.1 Å². The first-order valence-electron chi connectivity index (χ1n) is 11.4. The third-order valence-electron chi connectivity index (χ3n) is 5.95. The highest BCUT2D eigenvalue weighted by molar-refractivity contribution is 5.86. The maximum Gasteiger partial charge on any atom is 0.336 e. The number of ether oxygens (including phenoxy) is 4. The van der Waals surface area contributed by atoms with E-state index in [1.165, 1.54) is 6.07 Å². The molecule has 3 aromatic rings. The second-order valence-corrected chi connectivity index (χ2v) is 8.96. The van der Waals surface area contributed by atoms with Gasteiger partial charge >= 0.3 is 11.6 Å². The lowest BCUT2D eigenvalue weighted by molar-refractivity contribution is -0.147. The van der Waals surface area contributed by atoms with E-state index in [1.807, 2.05) is 45.0 Å². The maximum atomic E-state index is 12.2. The van der Waals surface area contributed by atoms with Crippen LogP contribution >= 0.6 is 0 Å². The number of esters is 1. The molecule has 0 aliphatic carbocycles. The van der Waals surface area contributed by atoms with Crippen LogP contribution in [0.25, 0.3) is 11.0 Å². The number of aryl methyl sites for hydroxylation is 2. The summed E-state index contributed by atoms with van der Waals surface area (Å²) in [4.78, 5) is 26.4. The van der Waals surface area contributed by atoms with Crippen molar-refractivity contribution in [2.75, 3.05) is 13.5 Å². The molecule has 0 spiro atoms. The fourth-order valence-electron chi connectivity index (χ4n) is 4.45. The minimum atomic E-state index is -0.395. The van der Waals surface area contributed by atoms with E-state index in [9.17, 15) is 9.59 Å². The van der Waals surface area contributed by atoms with E-state index < -0.39 is 5.63 Å². The van der Waals surface area contributed by atoms with Crippen molar-refractivity contribution < 1.29 is 28.2 Å². The molecule has 8 heteroatoms. The summed E-state index contributed by atoms with van der Waals surface area (Å²) in [6.07, 6.45) is 0.566. The van der Waals surface area contributed by atoms with Gasteiger partial charge in [0, 0.05) is 31.0 Å². The van der Waals surface area contributed by atoms with Crippen molar-refractivity contribution in [1.82, 2.24) is 4.90 Å². The van der Waals surface area contributed by atoms with Crippen molar-refractivity contribution in [3.63, 3.8) is 0 Å². The first kappa shape index (κ1) is 22.3. The monoisotopic (exact) mass is 465 g/mol. The van der Waals surface area contributed by atoms with Gasteiger partial charge in [-0.05, 0) is 62.1 Å². The lowest BCUT2D eigenvalue weighted by Gasteiger charge is -2.31. The molecule has 178 valence electrons. The lowest BCUT2D eigenvalue weighted by Crippen LogP contribution is -2.32. The molecule has 34 heavy (non-hydrogen) atoms. The Morgan fingerprint density at radius 2 is 1.94 bits per heavy atom. The Morgan fingerprint density at radius 3 is 2.76 bits per heavy atom. The Morgan fingerprint density at radius 1 is 1.12 bits per heavy atom. The van der Waals surface area contributed by atoms with E-state index in [4.69, 9.17) is 23.4 Å². The van der Waals surface area contributed by atoms with Gasteiger partial charge in [-0.1, -0.05) is 6.07 Å². The summed E-state index contributed by atoms with van der Waals surface area (Å²) in [6, 6.07) is 9.32. The van der Waals surface area contributed by atoms with Crippen LogP contribution in [0.4, 0.5) is 0 Å². The van der Waals surface area contributed by atoms with E-state index in [2.05, 4.69) is 4.90 Å². The molecule has 2 aliphatic heterocycles. The first-order valence-corrected chi connectivity index (χ1v) is 11.4. The molecule has 0 fully saturated rings. The SMILES string of the molecule is Cc1cc(=O)oc2c3c(c(CCC(=O)OC(C)C)cc12)OCN(Cc1ccc2c(c1)OCO2)C3. The van der Waals surface area contributed by atoms with Crippen molar-refractivity contribution in [3.8, 4) is 17.2 Å². The predicted octanol–water partition coefficient (Wildman–Crippen LogP) is 4.07. The summed E-state index contributed by atoms with van der Waals surface area (Å²) in [7, 11) is 0. The fourth-order valence-corrected chi connectivity index (χ4v) is 4.45. The molecule has 2 aliphatic rings. The Kier molecular flexibility index (Phi) is 5.91. The number of carbonyl (C=O) groups is 1. The van der Waals surface area contributed by atoms with E-state index in [0.29, 0.717) is 37.6 Å². The number of carbonyl (C=O) groups excluding carboxylic acids is 1. The molecular weight excluding hydrogens is 438 g/mol. The van der Waals surface area contributed by atoms with Gasteiger partial charge in [0.1, 0.15) is 18.1 Å². The zero-order chi connectivity index (χ0) is 23.8. The largest absolute Gasteiger partial charge is 0.477 e. The van der Waals surface area contributed by atoms with E-state index in [-0.39, 0.29) is 25.3 Å². The molecule has 2 aromatic carbocycles. The minimum Gasteiger partial charge on any atom is -0.477 e. The van der Waals surface area contributed by atoms with Crippen LogP contribution in [-0.2, 0) is 29.0 Å². The van der Waals surface area contributed by atoms with Gasteiger partial charge in [0.2, 0.25) is 6.79 Å². The molecule has 1 aromatic heterocycles. The molecule has 0 amide bonds. The van der Waals surface area contributed by atoms with Crippen LogP contribution < -0.4 is 19.8 Å². The normalized spacial score (nSPS) is 14.8. The maximum absolute atomic E-state index is 12.2. The van der Waals surface area contributed by atoms with Crippen LogP contribution in [0, 0.1) is 6.92 Å². The molecule has 0 bridgehead atoms. The number of hydrogen-bond donors (Lipinski definition) is 0. The van der Waals surface area contributed by atoms with Crippen LogP contribution in [0.2, 0.25) is 0 Å². The van der Waals surface area contributed by atoms with Crippen LogP contribution in [0.3, 0.4) is 0 Å². The van der Waals surface area contributed by atoms with Gasteiger partial charge in [-0.3, -0.25) is 9.69 Å². The summed E-state index contributed by atoms with van der Waals surface area (Å²) in [5.41, 5.74) is 3.75. The lowest BCUT2D eigenvalue weighted by atomic mass is 9.97. The van der Waals surface area contributed by atoms with E-state index >= 15 is 0 Å². The average molecular weight is 466 g/mol. The summed E-state index contributed by atoms with van der Waals surface area (Å²) in [5.74, 6) is 1.91. The third-order valence-corrected chi connectivity index (χ3v) is 5.95. The molecule has 5 rings (SSSR count). The standard InChI is InChI=1S/C26H27NO7/c1-15(2)33-23(28)7-5-18-10-19-16(3)8-24(29)34-26(19)20-12-27(13-30-25(18)20)11-17-4-6-21-22(9-17)32-14-31-21/h4,6,8-10,15H,5,7,11-14H2,1-3H3. The van der Waals surface area contributed by atoms with E-state index in [1.54, 1.807) is 0 Å². The molecule has 0 unspecified atom stereocenters. The minimum absolute atomic E-state index is 0.157. The predicted molar refractivity (Wildman–Crippen MR) is 124 cm³/mol. The number of fused-ring (bicyclic) bond motifs is 4. The molecule has 0 saturated heterocycles. The van der Waals surface area contributed by atoms with Gasteiger partial charge in [-0.15, -0.1) is 0 Å². The molecule has 3 heterocycles. The van der Waals surface area contributed by atoms with Gasteiger partial charge in [0.15, 0.2) is 11.5 Å². The molecular formula is C26H27NO7. The van der Waals surface area contributed by atoms with Crippen molar-refractivity contribution in [3.05, 3.63) is 63.0 Å². The summed E-state index contributed by atoms with van der Waals surface area (Å²) < 4.78 is 28.0. The highest BCUT2D eigenvalue weighted by atomic mass is 16.7. The van der Waals surface area contributed by atoms with Gasteiger partial charge in [-0.2, -0.15) is 0 Å². The second-order valence-electron chi connectivity index (χ2n) is 8.96. The van der Waals surface area contributed by atoms with Crippen molar-refractivity contribution in [1.29, 1.82) is 0 Å². The van der Waals surface area contributed by atoms with Crippen molar-refractivity contribution in [2.45, 2.75) is 52.8 Å². The quantitative estimate of drug-likeness (QED) is 0.398. The van der Waals surface area contributed by atoms with Crippen LogP contribution in [-0.4, -0.2) is 30.5 Å². The zero-order valence-electron chi connectivity index (χ0n) is 19.5. The van der Waals surface area contributed by atoms with Gasteiger partial charge in [0.05, 0.1) is 11.7 Å². The molecule has 0 saturated carbocycles. The van der Waals surface area contributed by atoms with Crippen LogP contribution in [0.15, 0.2) is 39.5 Å². The number of rotatable bonds is 6. The molecule has 0 atom stereocenters. The Bertz CT molecular complexity index is 1310. The highest BCUT2D eigenvalue weighted by Gasteiger charge is 2.26.